The molecule has 3 nitrogen and oxygen atoms in total. The monoisotopic (exact) mass is 436 g/mol. The van der Waals surface area contributed by atoms with E-state index in [2.05, 4.69) is 4.90 Å². The van der Waals surface area contributed by atoms with E-state index in [1.165, 1.54) is 12.1 Å². The Morgan fingerprint density at radius 1 is 0.903 bits per heavy atom. The average Bonchev–Trinajstić information content (AvgIpc) is 2.72. The van der Waals surface area contributed by atoms with Crippen LogP contribution >= 0.6 is 0 Å². The van der Waals surface area contributed by atoms with Gasteiger partial charge in [0.2, 0.25) is 0 Å². The zero-order valence-corrected chi connectivity index (χ0v) is 17.4. The summed E-state index contributed by atoms with van der Waals surface area (Å²) in [6, 6.07) is 14.5. The van der Waals surface area contributed by atoms with E-state index in [9.17, 15) is 22.7 Å². The third kappa shape index (κ3) is 5.10. The molecule has 2 heterocycles. The van der Waals surface area contributed by atoms with Gasteiger partial charge in [-0.1, -0.05) is 36.4 Å². The Balaban J connectivity index is 1.51. The Labute approximate surface area is 180 Å². The van der Waals surface area contributed by atoms with E-state index in [4.69, 9.17) is 0 Å². The molecule has 3 atom stereocenters. The van der Waals surface area contributed by atoms with Gasteiger partial charge in [0.15, 0.2) is 0 Å². The number of aliphatic hydroxyl groups is 1. The fourth-order valence-electron chi connectivity index (χ4n) is 5.04. The molecule has 0 amide bonds. The standard InChI is InChI=1S/C24H28F4N2O/c25-20-9-7-18(8-10-20)17-3-5-19(6-4-17)23-21-15-29(14-11-24(26,27)28)12-1-2-13-30(21)22(23)16-31/h3-10,21-23,31H,1-2,11-16H2/t21-,22+,23+/m0/s1. The van der Waals surface area contributed by atoms with E-state index in [0.717, 1.165) is 36.1 Å². The van der Waals surface area contributed by atoms with Crippen molar-refractivity contribution in [1.29, 1.82) is 0 Å². The van der Waals surface area contributed by atoms with Crippen LogP contribution in [0.3, 0.4) is 0 Å². The summed E-state index contributed by atoms with van der Waals surface area (Å²) < 4.78 is 51.4. The van der Waals surface area contributed by atoms with Crippen LogP contribution in [0.2, 0.25) is 0 Å². The van der Waals surface area contributed by atoms with Gasteiger partial charge in [-0.15, -0.1) is 0 Å². The van der Waals surface area contributed by atoms with Gasteiger partial charge in [-0.3, -0.25) is 4.90 Å². The molecule has 7 heteroatoms. The minimum Gasteiger partial charge on any atom is -0.395 e. The molecule has 2 aromatic rings. The summed E-state index contributed by atoms with van der Waals surface area (Å²) in [5, 5.41) is 10.0. The summed E-state index contributed by atoms with van der Waals surface area (Å²) in [4.78, 5) is 4.19. The van der Waals surface area contributed by atoms with Crippen molar-refractivity contribution in [2.75, 3.05) is 32.8 Å². The van der Waals surface area contributed by atoms with Crippen molar-refractivity contribution in [2.24, 2.45) is 0 Å². The number of rotatable bonds is 5. The van der Waals surface area contributed by atoms with Crippen molar-refractivity contribution in [3.63, 3.8) is 0 Å². The smallest absolute Gasteiger partial charge is 0.390 e. The van der Waals surface area contributed by atoms with Crippen molar-refractivity contribution in [2.45, 2.75) is 43.4 Å². The Kier molecular flexibility index (Phi) is 6.65. The van der Waals surface area contributed by atoms with Gasteiger partial charge < -0.3 is 10.0 Å². The summed E-state index contributed by atoms with van der Waals surface area (Å²) in [5.41, 5.74) is 2.98. The number of halogens is 4. The lowest BCUT2D eigenvalue weighted by molar-refractivity contribution is -0.140. The number of benzene rings is 2. The summed E-state index contributed by atoms with van der Waals surface area (Å²) >= 11 is 0. The first-order valence-electron chi connectivity index (χ1n) is 10.9. The highest BCUT2D eigenvalue weighted by atomic mass is 19.4. The van der Waals surface area contributed by atoms with Crippen LogP contribution in [0.15, 0.2) is 48.5 Å². The van der Waals surface area contributed by atoms with E-state index >= 15 is 0 Å². The van der Waals surface area contributed by atoms with Crippen LogP contribution in [-0.2, 0) is 0 Å². The molecular formula is C24H28F4N2O. The topological polar surface area (TPSA) is 26.7 Å². The summed E-state index contributed by atoms with van der Waals surface area (Å²) in [6.45, 7) is 2.18. The molecule has 1 N–H and O–H groups in total. The first kappa shape index (κ1) is 22.2. The zero-order chi connectivity index (χ0) is 22.0. The van der Waals surface area contributed by atoms with E-state index in [-0.39, 0.29) is 37.0 Å². The highest BCUT2D eigenvalue weighted by Gasteiger charge is 2.49. The van der Waals surface area contributed by atoms with Crippen LogP contribution in [0, 0.1) is 5.82 Å². The highest BCUT2D eigenvalue weighted by molar-refractivity contribution is 5.63. The lowest BCUT2D eigenvalue weighted by Gasteiger charge is -2.57. The predicted octanol–water partition coefficient (Wildman–Crippen LogP) is 4.67. The molecule has 2 saturated heterocycles. The van der Waals surface area contributed by atoms with Crippen LogP contribution in [0.1, 0.15) is 30.7 Å². The molecule has 0 aromatic heterocycles. The summed E-state index contributed by atoms with van der Waals surface area (Å²) in [7, 11) is 0. The maximum absolute atomic E-state index is 13.2. The number of aliphatic hydroxyl groups excluding tert-OH is 1. The van der Waals surface area contributed by atoms with Crippen molar-refractivity contribution in [3.05, 3.63) is 59.9 Å². The average molecular weight is 436 g/mol. The minimum atomic E-state index is -4.15. The third-order valence-corrected chi connectivity index (χ3v) is 6.64. The van der Waals surface area contributed by atoms with Gasteiger partial charge in [0.05, 0.1) is 13.0 Å². The largest absolute Gasteiger partial charge is 0.395 e. The fourth-order valence-corrected chi connectivity index (χ4v) is 5.04. The van der Waals surface area contributed by atoms with Gasteiger partial charge >= 0.3 is 6.18 Å². The number of hydrogen-bond donors (Lipinski definition) is 1. The number of alkyl halides is 3. The molecule has 0 aliphatic carbocycles. The van der Waals surface area contributed by atoms with E-state index in [1.807, 2.05) is 29.2 Å². The van der Waals surface area contributed by atoms with Gasteiger partial charge in [-0.05, 0) is 54.8 Å². The van der Waals surface area contributed by atoms with Crippen molar-refractivity contribution in [3.8, 4) is 11.1 Å². The molecule has 168 valence electrons. The van der Waals surface area contributed by atoms with Gasteiger partial charge in [-0.25, -0.2) is 4.39 Å². The van der Waals surface area contributed by atoms with E-state index in [0.29, 0.717) is 13.1 Å². The molecule has 0 bridgehead atoms. The van der Waals surface area contributed by atoms with Crippen LogP contribution < -0.4 is 0 Å². The van der Waals surface area contributed by atoms with Crippen molar-refractivity contribution in [1.82, 2.24) is 9.80 Å². The lowest BCUT2D eigenvalue weighted by Crippen LogP contribution is -2.67. The molecule has 0 radical (unpaired) electrons. The third-order valence-electron chi connectivity index (χ3n) is 6.64. The fraction of sp³-hybridized carbons (Fsp3) is 0.500. The molecular weight excluding hydrogens is 408 g/mol. The molecule has 0 spiro atoms. The molecule has 0 saturated carbocycles. The normalized spacial score (nSPS) is 25.4. The predicted molar refractivity (Wildman–Crippen MR) is 112 cm³/mol. The quantitative estimate of drug-likeness (QED) is 0.690. The first-order chi connectivity index (χ1) is 14.9. The molecule has 2 aliphatic rings. The van der Waals surface area contributed by atoms with Gasteiger partial charge in [-0.2, -0.15) is 13.2 Å². The maximum atomic E-state index is 13.2. The molecule has 2 aliphatic heterocycles. The molecule has 2 fully saturated rings. The Bertz CT molecular complexity index is 853. The SMILES string of the molecule is OC[C@@H]1[C@H](c2ccc(-c3ccc(F)cc3)cc2)[C@@H]2CN(CCC(F)(F)F)CCCCN12. The molecule has 2 aromatic carbocycles. The molecule has 4 rings (SSSR count). The highest BCUT2D eigenvalue weighted by Crippen LogP contribution is 2.42. The second-order valence-electron chi connectivity index (χ2n) is 8.58. The summed E-state index contributed by atoms with van der Waals surface area (Å²) in [6.07, 6.45) is -3.15. The second-order valence-corrected chi connectivity index (χ2v) is 8.58. The zero-order valence-electron chi connectivity index (χ0n) is 17.4. The molecule has 31 heavy (non-hydrogen) atoms. The Morgan fingerprint density at radius 2 is 1.52 bits per heavy atom. The second kappa shape index (κ2) is 9.27. The van der Waals surface area contributed by atoms with Crippen LogP contribution in [0.25, 0.3) is 11.1 Å². The minimum absolute atomic E-state index is 0.00997. The van der Waals surface area contributed by atoms with Crippen LogP contribution in [0.4, 0.5) is 17.6 Å². The van der Waals surface area contributed by atoms with Crippen molar-refractivity contribution < 1.29 is 22.7 Å². The van der Waals surface area contributed by atoms with Gasteiger partial charge in [0.25, 0.3) is 0 Å². The van der Waals surface area contributed by atoms with E-state index < -0.39 is 12.6 Å². The van der Waals surface area contributed by atoms with Crippen molar-refractivity contribution >= 4 is 0 Å². The number of nitrogens with zero attached hydrogens (tertiary/aromatic N) is 2. The number of fused-ring (bicyclic) bond motifs is 1. The Hall–Kier alpha value is -1.96. The van der Waals surface area contributed by atoms with Crippen LogP contribution in [0.5, 0.6) is 0 Å². The summed E-state index contributed by atoms with van der Waals surface area (Å²) in [5.74, 6) is -0.196. The number of hydrogen-bond acceptors (Lipinski definition) is 3. The maximum Gasteiger partial charge on any atom is 0.390 e. The first-order valence-corrected chi connectivity index (χ1v) is 10.9. The van der Waals surface area contributed by atoms with Gasteiger partial charge in [0, 0.05) is 31.1 Å². The molecule has 0 unspecified atom stereocenters. The lowest BCUT2D eigenvalue weighted by atomic mass is 9.74. The van der Waals surface area contributed by atoms with Gasteiger partial charge in [0.1, 0.15) is 5.82 Å². The van der Waals surface area contributed by atoms with Crippen LogP contribution in [-0.4, -0.2) is 66.0 Å². The Morgan fingerprint density at radius 3 is 2.13 bits per heavy atom. The van der Waals surface area contributed by atoms with E-state index in [1.54, 1.807) is 12.1 Å².